The van der Waals surface area contributed by atoms with Crippen molar-refractivity contribution in [3.8, 4) is 5.75 Å². The van der Waals surface area contributed by atoms with Gasteiger partial charge in [0.1, 0.15) is 5.75 Å². The predicted octanol–water partition coefficient (Wildman–Crippen LogP) is 2.01. The number of thioether (sulfide) groups is 1. The number of hydrazine groups is 1. The largest absolute Gasteiger partial charge is 0.494 e. The molecule has 1 aliphatic rings. The molecule has 172 valence electrons. The van der Waals surface area contributed by atoms with Gasteiger partial charge in [0.2, 0.25) is 5.91 Å². The van der Waals surface area contributed by atoms with Gasteiger partial charge in [-0.2, -0.15) is 11.8 Å². The van der Waals surface area contributed by atoms with Gasteiger partial charge in [-0.15, -0.1) is 0 Å². The van der Waals surface area contributed by atoms with Crippen molar-refractivity contribution in [1.82, 2.24) is 15.3 Å². The van der Waals surface area contributed by atoms with E-state index in [9.17, 15) is 14.4 Å². The van der Waals surface area contributed by atoms with Crippen LogP contribution in [-0.2, 0) is 14.4 Å². The summed E-state index contributed by atoms with van der Waals surface area (Å²) in [6.07, 6.45) is 3.54. The first-order chi connectivity index (χ1) is 14.9. The minimum Gasteiger partial charge on any atom is -0.494 e. The lowest BCUT2D eigenvalue weighted by Crippen LogP contribution is -2.57. The highest BCUT2D eigenvalue weighted by Crippen LogP contribution is 2.18. The minimum atomic E-state index is -0.887. The fourth-order valence-electron chi connectivity index (χ4n) is 3.31. The van der Waals surface area contributed by atoms with Crippen molar-refractivity contribution in [3.05, 3.63) is 24.3 Å². The number of hydrogen-bond donors (Lipinski definition) is 3. The number of benzene rings is 1. The summed E-state index contributed by atoms with van der Waals surface area (Å²) in [5, 5.41) is 18.3. The van der Waals surface area contributed by atoms with Crippen LogP contribution >= 0.6 is 11.8 Å². The quantitative estimate of drug-likeness (QED) is 0.308. The molecule has 9 nitrogen and oxygen atoms in total. The second-order valence-corrected chi connectivity index (χ2v) is 8.03. The maximum atomic E-state index is 13.2. The molecule has 0 aromatic heterocycles. The molecule has 31 heavy (non-hydrogen) atoms. The molecule has 0 aliphatic carbocycles. The Morgan fingerprint density at radius 1 is 1.23 bits per heavy atom. The zero-order chi connectivity index (χ0) is 22.6. The van der Waals surface area contributed by atoms with Crippen LogP contribution < -0.4 is 15.4 Å². The molecule has 3 N–H and O–H groups in total. The average molecular weight is 453 g/mol. The maximum absolute atomic E-state index is 13.2. The third kappa shape index (κ3) is 8.29. The normalized spacial score (nSPS) is 14.6. The van der Waals surface area contributed by atoms with Gasteiger partial charge in [0.25, 0.3) is 5.91 Å². The highest BCUT2D eigenvalue weighted by molar-refractivity contribution is 7.99. The number of rotatable bonds is 13. The summed E-state index contributed by atoms with van der Waals surface area (Å²) in [5.41, 5.74) is 0.665. The van der Waals surface area contributed by atoms with E-state index in [1.807, 2.05) is 18.2 Å². The number of aliphatic carboxylic acids is 1. The van der Waals surface area contributed by atoms with Gasteiger partial charge in [0.15, 0.2) is 6.17 Å². The molecule has 0 spiro atoms. The number of amides is 2. The first-order valence-electron chi connectivity index (χ1n) is 10.5. The Bertz CT molecular complexity index is 725. The molecule has 1 aromatic carbocycles. The smallest absolute Gasteiger partial charge is 0.303 e. The van der Waals surface area contributed by atoms with E-state index >= 15 is 0 Å². The van der Waals surface area contributed by atoms with Gasteiger partial charge >= 0.3 is 5.97 Å². The Kier molecular flexibility index (Phi) is 10.5. The van der Waals surface area contributed by atoms with Crippen molar-refractivity contribution in [2.24, 2.45) is 0 Å². The summed E-state index contributed by atoms with van der Waals surface area (Å²) in [4.78, 5) is 36.0. The number of ether oxygens (including phenoxy) is 1. The fraction of sp³-hybridized carbons (Fsp3) is 0.571. The highest BCUT2D eigenvalue weighted by Gasteiger charge is 2.30. The van der Waals surface area contributed by atoms with Crippen LogP contribution in [0.2, 0.25) is 0 Å². The molecule has 0 radical (unpaired) electrons. The number of carbonyl (C=O) groups excluding carboxylic acids is 2. The van der Waals surface area contributed by atoms with Gasteiger partial charge in [-0.05, 0) is 56.7 Å². The van der Waals surface area contributed by atoms with E-state index in [2.05, 4.69) is 10.6 Å². The number of nitrogens with one attached hydrogen (secondary N) is 2. The van der Waals surface area contributed by atoms with Crippen molar-refractivity contribution in [2.75, 3.05) is 43.6 Å². The Balaban J connectivity index is 2.03. The molecule has 10 heteroatoms. The van der Waals surface area contributed by atoms with Gasteiger partial charge in [-0.25, -0.2) is 5.01 Å². The molecule has 1 aliphatic heterocycles. The molecular formula is C21H32N4O5S. The third-order valence-corrected chi connectivity index (χ3v) is 5.33. The molecule has 0 saturated carbocycles. The SMILES string of the molecule is CCN(C(=O)C(NC(=O)CSC)Nc1ccc(OCCCC(=O)O)cc1)N1CCCC1. The number of anilines is 1. The van der Waals surface area contributed by atoms with Gasteiger partial charge in [-0.1, -0.05) is 0 Å². The Hall–Kier alpha value is -2.46. The molecule has 0 bridgehead atoms. The Morgan fingerprint density at radius 2 is 1.90 bits per heavy atom. The second-order valence-electron chi connectivity index (χ2n) is 7.16. The summed E-state index contributed by atoms with van der Waals surface area (Å²) in [5.74, 6) is -0.387. The van der Waals surface area contributed by atoms with E-state index in [0.717, 1.165) is 25.9 Å². The number of carbonyl (C=O) groups is 3. The molecule has 1 heterocycles. The molecular weight excluding hydrogens is 420 g/mol. The monoisotopic (exact) mass is 452 g/mol. The molecule has 1 atom stereocenters. The van der Waals surface area contributed by atoms with E-state index in [1.54, 1.807) is 29.3 Å². The van der Waals surface area contributed by atoms with Crippen LogP contribution in [-0.4, -0.2) is 77.3 Å². The third-order valence-electron chi connectivity index (χ3n) is 4.77. The van der Waals surface area contributed by atoms with Gasteiger partial charge < -0.3 is 20.5 Å². The second kappa shape index (κ2) is 13.1. The van der Waals surface area contributed by atoms with Crippen molar-refractivity contribution in [2.45, 2.75) is 38.8 Å². The van der Waals surface area contributed by atoms with Gasteiger partial charge in [-0.3, -0.25) is 19.4 Å². The van der Waals surface area contributed by atoms with Crippen LogP contribution in [0.25, 0.3) is 0 Å². The maximum Gasteiger partial charge on any atom is 0.303 e. The lowest BCUT2D eigenvalue weighted by Gasteiger charge is -2.34. The molecule has 1 unspecified atom stereocenters. The standard InChI is InChI=1S/C21H32N4O5S/c1-3-25(24-12-4-5-13-24)21(29)20(23-18(26)15-31-2)22-16-8-10-17(11-9-16)30-14-6-7-19(27)28/h8-11,20,22H,3-7,12-15H2,1-2H3,(H,23,26)(H,27,28). The minimum absolute atomic E-state index is 0.0596. The lowest BCUT2D eigenvalue weighted by molar-refractivity contribution is -0.149. The lowest BCUT2D eigenvalue weighted by atomic mass is 10.2. The molecule has 2 amide bonds. The molecule has 1 fully saturated rings. The van der Waals surface area contributed by atoms with E-state index in [1.165, 1.54) is 11.8 Å². The van der Waals surface area contributed by atoms with E-state index in [0.29, 0.717) is 31.0 Å². The molecule has 1 aromatic rings. The van der Waals surface area contributed by atoms with E-state index in [4.69, 9.17) is 9.84 Å². The first kappa shape index (κ1) is 24.8. The van der Waals surface area contributed by atoms with Crippen LogP contribution in [0.1, 0.15) is 32.6 Å². The zero-order valence-corrected chi connectivity index (χ0v) is 19.0. The van der Waals surface area contributed by atoms with Crippen molar-refractivity contribution >= 4 is 35.2 Å². The Morgan fingerprint density at radius 3 is 2.48 bits per heavy atom. The average Bonchev–Trinajstić information content (AvgIpc) is 3.27. The Labute approximate surface area is 187 Å². The number of hydrogen-bond acceptors (Lipinski definition) is 7. The van der Waals surface area contributed by atoms with Crippen LogP contribution in [0.5, 0.6) is 5.75 Å². The zero-order valence-electron chi connectivity index (χ0n) is 18.1. The van der Waals surface area contributed by atoms with Crippen molar-refractivity contribution in [3.63, 3.8) is 0 Å². The van der Waals surface area contributed by atoms with Crippen molar-refractivity contribution in [1.29, 1.82) is 0 Å². The highest BCUT2D eigenvalue weighted by atomic mass is 32.2. The first-order valence-corrected chi connectivity index (χ1v) is 11.9. The number of nitrogens with zero attached hydrogens (tertiary/aromatic N) is 2. The van der Waals surface area contributed by atoms with Gasteiger partial charge in [0, 0.05) is 31.7 Å². The summed E-state index contributed by atoms with van der Waals surface area (Å²) in [7, 11) is 0. The van der Waals surface area contributed by atoms with Crippen LogP contribution in [0.15, 0.2) is 24.3 Å². The number of likely N-dealkylation sites (N-methyl/N-ethyl adjacent to an activating group) is 1. The van der Waals surface area contributed by atoms with Crippen LogP contribution in [0, 0.1) is 0 Å². The van der Waals surface area contributed by atoms with Crippen LogP contribution in [0.3, 0.4) is 0 Å². The van der Waals surface area contributed by atoms with E-state index < -0.39 is 12.1 Å². The number of carboxylic acids is 1. The summed E-state index contributed by atoms with van der Waals surface area (Å²) in [6, 6.07) is 7.01. The van der Waals surface area contributed by atoms with Gasteiger partial charge in [0.05, 0.1) is 12.4 Å². The summed E-state index contributed by atoms with van der Waals surface area (Å²) >= 11 is 1.39. The molecule has 1 saturated heterocycles. The van der Waals surface area contributed by atoms with E-state index in [-0.39, 0.29) is 24.0 Å². The molecule has 2 rings (SSSR count). The van der Waals surface area contributed by atoms with Crippen LogP contribution in [0.4, 0.5) is 5.69 Å². The summed E-state index contributed by atoms with van der Waals surface area (Å²) < 4.78 is 5.54. The summed E-state index contributed by atoms with van der Waals surface area (Å²) in [6.45, 7) is 4.43. The van der Waals surface area contributed by atoms with Crippen molar-refractivity contribution < 1.29 is 24.2 Å². The topological polar surface area (TPSA) is 111 Å². The predicted molar refractivity (Wildman–Crippen MR) is 121 cm³/mol. The fourth-order valence-corrected chi connectivity index (χ4v) is 3.65. The number of carboxylic acid groups (broad SMARTS) is 1.